The van der Waals surface area contributed by atoms with Crippen molar-refractivity contribution in [3.63, 3.8) is 0 Å². The number of aliphatic hydroxyl groups is 1. The van der Waals surface area contributed by atoms with E-state index in [4.69, 9.17) is 5.11 Å². The van der Waals surface area contributed by atoms with Gasteiger partial charge in [-0.15, -0.1) is 0 Å². The second-order valence-corrected chi connectivity index (χ2v) is 4.12. The van der Waals surface area contributed by atoms with Gasteiger partial charge in [0.05, 0.1) is 0 Å². The van der Waals surface area contributed by atoms with E-state index in [2.05, 4.69) is 31.0 Å². The van der Waals surface area contributed by atoms with Crippen LogP contribution in [-0.2, 0) is 0 Å². The van der Waals surface area contributed by atoms with E-state index < -0.39 is 0 Å². The Labute approximate surface area is 98.0 Å². The minimum absolute atomic E-state index is 0.269. The monoisotopic (exact) mass is 219 g/mol. The fourth-order valence-electron chi connectivity index (χ4n) is 1.57. The van der Waals surface area contributed by atoms with Crippen molar-refractivity contribution in [2.75, 3.05) is 13.2 Å². The standard InChI is InChI=1S/C14H21NO/c1-12(14-8-4-3-5-9-14)11-15-13(2)7-6-10-16/h3-5,8-9,13,15-16H,1,6-7,10-11H2,2H3. The van der Waals surface area contributed by atoms with Crippen LogP contribution < -0.4 is 5.32 Å². The van der Waals surface area contributed by atoms with Gasteiger partial charge in [-0.1, -0.05) is 36.9 Å². The molecule has 0 aliphatic rings. The van der Waals surface area contributed by atoms with Crippen LogP contribution in [0.1, 0.15) is 25.3 Å². The number of hydrogen-bond acceptors (Lipinski definition) is 2. The van der Waals surface area contributed by atoms with Gasteiger partial charge in [0.1, 0.15) is 0 Å². The molecule has 16 heavy (non-hydrogen) atoms. The summed E-state index contributed by atoms with van der Waals surface area (Å²) >= 11 is 0. The van der Waals surface area contributed by atoms with E-state index in [0.717, 1.165) is 25.0 Å². The summed E-state index contributed by atoms with van der Waals surface area (Å²) in [6, 6.07) is 10.6. The van der Waals surface area contributed by atoms with Crippen LogP contribution in [0.5, 0.6) is 0 Å². The lowest BCUT2D eigenvalue weighted by Crippen LogP contribution is -2.27. The number of benzene rings is 1. The molecule has 0 aromatic heterocycles. The van der Waals surface area contributed by atoms with Crippen molar-refractivity contribution in [1.29, 1.82) is 0 Å². The van der Waals surface area contributed by atoms with Crippen molar-refractivity contribution in [3.8, 4) is 0 Å². The molecule has 0 aliphatic heterocycles. The minimum atomic E-state index is 0.269. The molecule has 0 aliphatic carbocycles. The van der Waals surface area contributed by atoms with Crippen LogP contribution >= 0.6 is 0 Å². The van der Waals surface area contributed by atoms with Gasteiger partial charge >= 0.3 is 0 Å². The summed E-state index contributed by atoms with van der Waals surface area (Å²) < 4.78 is 0. The molecule has 1 unspecified atom stereocenters. The Balaban J connectivity index is 2.30. The Morgan fingerprint density at radius 2 is 2.06 bits per heavy atom. The van der Waals surface area contributed by atoms with Crippen LogP contribution in [0.15, 0.2) is 36.9 Å². The van der Waals surface area contributed by atoms with E-state index in [-0.39, 0.29) is 6.61 Å². The first-order valence-electron chi connectivity index (χ1n) is 5.81. The van der Waals surface area contributed by atoms with E-state index in [1.165, 1.54) is 5.56 Å². The Morgan fingerprint density at radius 3 is 2.69 bits per heavy atom. The highest BCUT2D eigenvalue weighted by molar-refractivity contribution is 5.64. The summed E-state index contributed by atoms with van der Waals surface area (Å²) in [5.41, 5.74) is 2.29. The van der Waals surface area contributed by atoms with E-state index in [0.29, 0.717) is 6.04 Å². The Kier molecular flexibility index (Phi) is 5.83. The molecule has 0 radical (unpaired) electrons. The van der Waals surface area contributed by atoms with Crippen LogP contribution in [-0.4, -0.2) is 24.3 Å². The summed E-state index contributed by atoms with van der Waals surface area (Å²) in [7, 11) is 0. The first kappa shape index (κ1) is 12.9. The summed E-state index contributed by atoms with van der Waals surface area (Å²) in [6.07, 6.45) is 1.85. The second kappa shape index (κ2) is 7.20. The molecule has 0 bridgehead atoms. The molecule has 2 nitrogen and oxygen atoms in total. The number of rotatable bonds is 7. The van der Waals surface area contributed by atoms with Crippen LogP contribution in [0, 0.1) is 0 Å². The quantitative estimate of drug-likeness (QED) is 0.738. The highest BCUT2D eigenvalue weighted by Gasteiger charge is 2.02. The van der Waals surface area contributed by atoms with Gasteiger partial charge in [-0.3, -0.25) is 0 Å². The van der Waals surface area contributed by atoms with Gasteiger partial charge in [0.25, 0.3) is 0 Å². The molecule has 0 fully saturated rings. The van der Waals surface area contributed by atoms with Crippen molar-refractivity contribution >= 4 is 5.57 Å². The van der Waals surface area contributed by atoms with Crippen molar-refractivity contribution < 1.29 is 5.11 Å². The molecule has 0 saturated heterocycles. The molecule has 0 heterocycles. The molecular weight excluding hydrogens is 198 g/mol. The van der Waals surface area contributed by atoms with Gasteiger partial charge < -0.3 is 10.4 Å². The van der Waals surface area contributed by atoms with Gasteiger partial charge in [-0.05, 0) is 30.9 Å². The summed E-state index contributed by atoms with van der Waals surface area (Å²) in [4.78, 5) is 0. The highest BCUT2D eigenvalue weighted by atomic mass is 16.2. The third kappa shape index (κ3) is 4.60. The first-order chi connectivity index (χ1) is 7.74. The van der Waals surface area contributed by atoms with Crippen molar-refractivity contribution in [2.45, 2.75) is 25.8 Å². The van der Waals surface area contributed by atoms with Gasteiger partial charge in [0.2, 0.25) is 0 Å². The van der Waals surface area contributed by atoms with E-state index >= 15 is 0 Å². The smallest absolute Gasteiger partial charge is 0.0431 e. The normalized spacial score (nSPS) is 12.4. The SMILES string of the molecule is C=C(CNC(C)CCCO)c1ccccc1. The third-order valence-electron chi connectivity index (χ3n) is 2.64. The maximum Gasteiger partial charge on any atom is 0.0431 e. The average Bonchev–Trinajstić information content (AvgIpc) is 2.34. The van der Waals surface area contributed by atoms with E-state index in [9.17, 15) is 0 Å². The van der Waals surface area contributed by atoms with Crippen LogP contribution in [0.4, 0.5) is 0 Å². The molecule has 1 atom stereocenters. The topological polar surface area (TPSA) is 32.3 Å². The zero-order valence-corrected chi connectivity index (χ0v) is 9.95. The molecular formula is C14H21NO. The van der Waals surface area contributed by atoms with Crippen LogP contribution in [0.2, 0.25) is 0 Å². The first-order valence-corrected chi connectivity index (χ1v) is 5.81. The lowest BCUT2D eigenvalue weighted by molar-refractivity contribution is 0.277. The van der Waals surface area contributed by atoms with Gasteiger partial charge in [0.15, 0.2) is 0 Å². The summed E-state index contributed by atoms with van der Waals surface area (Å²) in [6.45, 7) is 7.27. The van der Waals surface area contributed by atoms with Crippen LogP contribution in [0.3, 0.4) is 0 Å². The molecule has 0 spiro atoms. The molecule has 2 heteroatoms. The lowest BCUT2D eigenvalue weighted by atomic mass is 10.1. The highest BCUT2D eigenvalue weighted by Crippen LogP contribution is 2.10. The number of hydrogen-bond donors (Lipinski definition) is 2. The molecule has 1 aromatic rings. The zero-order valence-electron chi connectivity index (χ0n) is 9.95. The number of aliphatic hydroxyl groups excluding tert-OH is 1. The maximum absolute atomic E-state index is 8.73. The van der Waals surface area contributed by atoms with E-state index in [1.807, 2.05) is 18.2 Å². The molecule has 0 amide bonds. The predicted octanol–water partition coefficient (Wildman–Crippen LogP) is 2.45. The van der Waals surface area contributed by atoms with Crippen molar-refractivity contribution in [1.82, 2.24) is 5.32 Å². The van der Waals surface area contributed by atoms with Gasteiger partial charge in [-0.2, -0.15) is 0 Å². The minimum Gasteiger partial charge on any atom is -0.396 e. The van der Waals surface area contributed by atoms with Crippen LogP contribution in [0.25, 0.3) is 5.57 Å². The largest absolute Gasteiger partial charge is 0.396 e. The summed E-state index contributed by atoms with van der Waals surface area (Å²) in [5, 5.41) is 12.1. The van der Waals surface area contributed by atoms with E-state index in [1.54, 1.807) is 0 Å². The second-order valence-electron chi connectivity index (χ2n) is 4.12. The Hall–Kier alpha value is -1.12. The van der Waals surface area contributed by atoms with Gasteiger partial charge in [0, 0.05) is 19.2 Å². The maximum atomic E-state index is 8.73. The average molecular weight is 219 g/mol. The predicted molar refractivity (Wildman–Crippen MR) is 69.3 cm³/mol. The third-order valence-corrected chi connectivity index (χ3v) is 2.64. The summed E-state index contributed by atoms with van der Waals surface area (Å²) in [5.74, 6) is 0. The molecule has 2 N–H and O–H groups in total. The Bertz CT molecular complexity index is 308. The molecule has 88 valence electrons. The van der Waals surface area contributed by atoms with Gasteiger partial charge in [-0.25, -0.2) is 0 Å². The van der Waals surface area contributed by atoms with Crippen molar-refractivity contribution in [2.24, 2.45) is 0 Å². The van der Waals surface area contributed by atoms with Crippen molar-refractivity contribution in [3.05, 3.63) is 42.5 Å². The zero-order chi connectivity index (χ0) is 11.8. The molecule has 0 saturated carbocycles. The molecule has 1 rings (SSSR count). The fraction of sp³-hybridized carbons (Fsp3) is 0.429. The number of nitrogens with one attached hydrogen (secondary N) is 1. The fourth-order valence-corrected chi connectivity index (χ4v) is 1.57. The Morgan fingerprint density at radius 1 is 1.38 bits per heavy atom. The lowest BCUT2D eigenvalue weighted by Gasteiger charge is -2.14. The molecule has 1 aromatic carbocycles.